The van der Waals surface area contributed by atoms with E-state index in [0.29, 0.717) is 12.6 Å². The average molecular weight is 278 g/mol. The van der Waals surface area contributed by atoms with Crippen molar-refractivity contribution < 1.29 is 0 Å². The SMILES string of the molecule is O=c1[nH]c(CNCc2ccn(C3CCCC3)n2)cs1. The molecule has 1 saturated carbocycles. The van der Waals surface area contributed by atoms with Gasteiger partial charge in [-0.05, 0) is 18.9 Å². The molecule has 0 amide bonds. The summed E-state index contributed by atoms with van der Waals surface area (Å²) >= 11 is 1.20. The maximum Gasteiger partial charge on any atom is 0.304 e. The van der Waals surface area contributed by atoms with Crippen molar-refractivity contribution in [3.05, 3.63) is 38.7 Å². The number of rotatable bonds is 5. The third kappa shape index (κ3) is 3.13. The predicted octanol–water partition coefficient (Wildman–Crippen LogP) is 2.04. The van der Waals surface area contributed by atoms with Gasteiger partial charge in [0.05, 0.1) is 11.7 Å². The normalized spacial score (nSPS) is 16.2. The molecule has 0 aliphatic heterocycles. The second-order valence-electron chi connectivity index (χ2n) is 5.00. The lowest BCUT2D eigenvalue weighted by Crippen LogP contribution is -2.15. The Morgan fingerprint density at radius 2 is 2.26 bits per heavy atom. The number of aromatic amines is 1. The average Bonchev–Trinajstić information content (AvgIpc) is 3.09. The number of H-pyrrole nitrogens is 1. The summed E-state index contributed by atoms with van der Waals surface area (Å²) in [7, 11) is 0. The zero-order valence-corrected chi connectivity index (χ0v) is 11.6. The summed E-state index contributed by atoms with van der Waals surface area (Å²) in [5.74, 6) is 0. The van der Waals surface area contributed by atoms with Crippen LogP contribution in [-0.4, -0.2) is 14.8 Å². The van der Waals surface area contributed by atoms with E-state index >= 15 is 0 Å². The van der Waals surface area contributed by atoms with E-state index < -0.39 is 0 Å². The molecule has 1 fully saturated rings. The first-order valence-corrected chi connectivity index (χ1v) is 7.61. The van der Waals surface area contributed by atoms with E-state index in [0.717, 1.165) is 17.9 Å². The highest BCUT2D eigenvalue weighted by Crippen LogP contribution is 2.28. The molecule has 19 heavy (non-hydrogen) atoms. The van der Waals surface area contributed by atoms with Crippen molar-refractivity contribution in [1.29, 1.82) is 0 Å². The smallest absolute Gasteiger partial charge is 0.304 e. The monoisotopic (exact) mass is 278 g/mol. The van der Waals surface area contributed by atoms with Crippen molar-refractivity contribution in [1.82, 2.24) is 20.1 Å². The Hall–Kier alpha value is -1.40. The molecule has 0 unspecified atom stereocenters. The zero-order valence-electron chi connectivity index (χ0n) is 10.8. The molecular weight excluding hydrogens is 260 g/mol. The molecular formula is C13H18N4OS. The fraction of sp³-hybridized carbons (Fsp3) is 0.538. The van der Waals surface area contributed by atoms with Crippen molar-refractivity contribution in [3.63, 3.8) is 0 Å². The van der Waals surface area contributed by atoms with E-state index in [-0.39, 0.29) is 4.87 Å². The molecule has 0 atom stereocenters. The molecule has 3 rings (SSSR count). The molecule has 0 bridgehead atoms. The van der Waals surface area contributed by atoms with Crippen LogP contribution in [-0.2, 0) is 13.1 Å². The zero-order chi connectivity index (χ0) is 13.1. The van der Waals surface area contributed by atoms with E-state index in [1.807, 2.05) is 5.38 Å². The summed E-state index contributed by atoms with van der Waals surface area (Å²) in [6.45, 7) is 1.41. The lowest BCUT2D eigenvalue weighted by Gasteiger charge is -2.08. The van der Waals surface area contributed by atoms with Gasteiger partial charge in [-0.2, -0.15) is 5.10 Å². The third-order valence-corrected chi connectivity index (χ3v) is 4.27. The van der Waals surface area contributed by atoms with Crippen LogP contribution in [0.25, 0.3) is 0 Å². The second kappa shape index (κ2) is 5.71. The lowest BCUT2D eigenvalue weighted by molar-refractivity contribution is 0.460. The van der Waals surface area contributed by atoms with Gasteiger partial charge in [0.15, 0.2) is 0 Å². The first kappa shape index (κ1) is 12.6. The molecule has 0 aromatic carbocycles. The molecule has 6 heteroatoms. The van der Waals surface area contributed by atoms with Gasteiger partial charge in [-0.1, -0.05) is 24.2 Å². The minimum absolute atomic E-state index is 0.00214. The van der Waals surface area contributed by atoms with Crippen molar-refractivity contribution >= 4 is 11.3 Å². The largest absolute Gasteiger partial charge is 0.315 e. The van der Waals surface area contributed by atoms with Crippen molar-refractivity contribution in [2.45, 2.75) is 44.8 Å². The Kier molecular flexibility index (Phi) is 3.79. The van der Waals surface area contributed by atoms with Gasteiger partial charge in [-0.25, -0.2) is 0 Å². The number of aromatic nitrogens is 3. The van der Waals surface area contributed by atoms with Gasteiger partial charge >= 0.3 is 4.87 Å². The van der Waals surface area contributed by atoms with Crippen molar-refractivity contribution in [2.75, 3.05) is 0 Å². The van der Waals surface area contributed by atoms with Gasteiger partial charge in [-0.15, -0.1) is 0 Å². The van der Waals surface area contributed by atoms with E-state index in [2.05, 4.69) is 32.3 Å². The number of hydrogen-bond acceptors (Lipinski definition) is 4. The van der Waals surface area contributed by atoms with Crippen LogP contribution in [0.15, 0.2) is 22.4 Å². The van der Waals surface area contributed by atoms with Crippen LogP contribution in [0.1, 0.15) is 43.1 Å². The molecule has 1 aliphatic rings. The van der Waals surface area contributed by atoms with Crippen LogP contribution >= 0.6 is 11.3 Å². The van der Waals surface area contributed by atoms with Gasteiger partial charge in [0.2, 0.25) is 0 Å². The predicted molar refractivity (Wildman–Crippen MR) is 75.2 cm³/mol. The minimum Gasteiger partial charge on any atom is -0.315 e. The van der Waals surface area contributed by atoms with Crippen LogP contribution in [0.5, 0.6) is 0 Å². The molecule has 0 saturated heterocycles. The first-order valence-electron chi connectivity index (χ1n) is 6.73. The number of nitrogens with one attached hydrogen (secondary N) is 2. The molecule has 2 aromatic heterocycles. The Labute approximate surface area is 115 Å². The van der Waals surface area contributed by atoms with Gasteiger partial charge in [0.1, 0.15) is 0 Å². The molecule has 2 heterocycles. The summed E-state index contributed by atoms with van der Waals surface area (Å²) < 4.78 is 2.11. The summed E-state index contributed by atoms with van der Waals surface area (Å²) in [4.78, 5) is 13.8. The van der Waals surface area contributed by atoms with E-state index in [1.165, 1.54) is 37.0 Å². The molecule has 2 N–H and O–H groups in total. The maximum absolute atomic E-state index is 11.0. The Balaban J connectivity index is 1.51. The van der Waals surface area contributed by atoms with Gasteiger partial charge < -0.3 is 10.3 Å². The van der Waals surface area contributed by atoms with Gasteiger partial charge in [0, 0.05) is 30.4 Å². The highest BCUT2D eigenvalue weighted by atomic mass is 32.1. The summed E-state index contributed by atoms with van der Waals surface area (Å²) in [5.41, 5.74) is 2.00. The number of hydrogen-bond donors (Lipinski definition) is 2. The van der Waals surface area contributed by atoms with Crippen LogP contribution in [0.2, 0.25) is 0 Å². The molecule has 102 valence electrons. The van der Waals surface area contributed by atoms with Crippen LogP contribution < -0.4 is 10.2 Å². The standard InChI is InChI=1S/C13H18N4OS/c18-13-15-11(9-19-13)8-14-7-10-5-6-17(16-10)12-3-1-2-4-12/h5-6,9,12,14H,1-4,7-8H2,(H,15,18). The Morgan fingerprint density at radius 3 is 3.00 bits per heavy atom. The summed E-state index contributed by atoms with van der Waals surface area (Å²) in [6.07, 6.45) is 7.24. The topological polar surface area (TPSA) is 62.7 Å². The quantitative estimate of drug-likeness (QED) is 0.879. The fourth-order valence-corrected chi connectivity index (χ4v) is 3.15. The van der Waals surface area contributed by atoms with Crippen molar-refractivity contribution in [2.24, 2.45) is 0 Å². The van der Waals surface area contributed by atoms with Gasteiger partial charge in [0.25, 0.3) is 0 Å². The van der Waals surface area contributed by atoms with Gasteiger partial charge in [-0.3, -0.25) is 9.48 Å². The Bertz CT molecular complexity index is 579. The number of nitrogens with zero attached hydrogens (tertiary/aromatic N) is 2. The molecule has 0 radical (unpaired) electrons. The summed E-state index contributed by atoms with van der Waals surface area (Å²) in [6, 6.07) is 2.67. The highest BCUT2D eigenvalue weighted by molar-refractivity contribution is 7.07. The molecule has 5 nitrogen and oxygen atoms in total. The van der Waals surface area contributed by atoms with E-state index in [9.17, 15) is 4.79 Å². The molecule has 0 spiro atoms. The molecule has 2 aromatic rings. The fourth-order valence-electron chi connectivity index (χ4n) is 2.57. The maximum atomic E-state index is 11.0. The van der Waals surface area contributed by atoms with Crippen LogP contribution in [0, 0.1) is 0 Å². The van der Waals surface area contributed by atoms with Crippen LogP contribution in [0.4, 0.5) is 0 Å². The van der Waals surface area contributed by atoms with Crippen LogP contribution in [0.3, 0.4) is 0 Å². The molecule has 1 aliphatic carbocycles. The Morgan fingerprint density at radius 1 is 1.42 bits per heavy atom. The van der Waals surface area contributed by atoms with Crippen molar-refractivity contribution in [3.8, 4) is 0 Å². The lowest BCUT2D eigenvalue weighted by atomic mass is 10.3. The third-order valence-electron chi connectivity index (χ3n) is 3.55. The van der Waals surface area contributed by atoms with E-state index in [1.54, 1.807) is 0 Å². The number of thiazole rings is 1. The second-order valence-corrected chi connectivity index (χ2v) is 5.84. The van der Waals surface area contributed by atoms with E-state index in [4.69, 9.17) is 0 Å². The minimum atomic E-state index is 0.00214. The first-order chi connectivity index (χ1) is 9.31. The summed E-state index contributed by atoms with van der Waals surface area (Å²) in [5, 5.41) is 9.76. The highest BCUT2D eigenvalue weighted by Gasteiger charge is 2.17.